The summed E-state index contributed by atoms with van der Waals surface area (Å²) in [7, 11) is 0. The Bertz CT molecular complexity index is 238. The molecule has 1 atom stereocenters. The van der Waals surface area contributed by atoms with Gasteiger partial charge in [0, 0.05) is 19.1 Å². The van der Waals surface area contributed by atoms with Gasteiger partial charge >= 0.3 is 0 Å². The summed E-state index contributed by atoms with van der Waals surface area (Å²) in [5, 5.41) is 3.66. The fourth-order valence-electron chi connectivity index (χ4n) is 5.22. The molecule has 0 spiro atoms. The maximum atomic E-state index is 5.61. The number of rotatable bonds is 4. The molecule has 0 aliphatic heterocycles. The molecule has 0 aromatic carbocycles. The Hall–Kier alpha value is 0.790. The average Bonchev–Trinajstić information content (AvgIpc) is 2.24. The zero-order valence-corrected chi connectivity index (χ0v) is 14.2. The first kappa shape index (κ1) is 19.8. The van der Waals surface area contributed by atoms with Crippen LogP contribution in [-0.4, -0.2) is 19.1 Å². The SMILES string of the molecule is CC(NCCN)C12CC3CC(CC(C3)C1)C2.Cl.Cl.Cl. The second-order valence-corrected chi connectivity index (χ2v) is 6.74. The van der Waals surface area contributed by atoms with Crippen LogP contribution in [0.25, 0.3) is 0 Å². The van der Waals surface area contributed by atoms with Gasteiger partial charge < -0.3 is 11.1 Å². The zero-order chi connectivity index (χ0) is 11.2. The van der Waals surface area contributed by atoms with Gasteiger partial charge in [0.25, 0.3) is 0 Å². The highest BCUT2D eigenvalue weighted by Crippen LogP contribution is 2.61. The standard InChI is InChI=1S/C14H26N2.3ClH/c1-10(16-3-2-15)14-7-11-4-12(8-14)6-13(5-11)9-14;;;/h10-13,16H,2-9,15H2,1H3;3*1H. The van der Waals surface area contributed by atoms with E-state index in [4.69, 9.17) is 5.73 Å². The Morgan fingerprint density at radius 1 is 1.00 bits per heavy atom. The van der Waals surface area contributed by atoms with Crippen LogP contribution < -0.4 is 11.1 Å². The third-order valence-electron chi connectivity index (χ3n) is 5.60. The predicted octanol–water partition coefficient (Wildman–Crippen LogP) is 3.41. The Morgan fingerprint density at radius 3 is 1.79 bits per heavy atom. The molecule has 2 nitrogen and oxygen atoms in total. The summed E-state index contributed by atoms with van der Waals surface area (Å²) in [5.41, 5.74) is 6.25. The van der Waals surface area contributed by atoms with Gasteiger partial charge in [-0.3, -0.25) is 0 Å². The number of halogens is 3. The molecule has 0 heterocycles. The van der Waals surface area contributed by atoms with Crippen LogP contribution >= 0.6 is 37.2 Å². The Kier molecular flexibility index (Phi) is 8.02. The number of hydrogen-bond donors (Lipinski definition) is 2. The van der Waals surface area contributed by atoms with Crippen molar-refractivity contribution in [2.24, 2.45) is 28.9 Å². The minimum absolute atomic E-state index is 0. The number of nitrogens with two attached hydrogens (primary N) is 1. The van der Waals surface area contributed by atoms with Gasteiger partial charge in [0.15, 0.2) is 0 Å². The van der Waals surface area contributed by atoms with E-state index in [0.29, 0.717) is 11.5 Å². The lowest BCUT2D eigenvalue weighted by molar-refractivity contribution is -0.0701. The van der Waals surface area contributed by atoms with Crippen LogP contribution in [0.5, 0.6) is 0 Å². The van der Waals surface area contributed by atoms with Crippen molar-refractivity contribution in [2.45, 2.75) is 51.5 Å². The summed E-state index contributed by atoms with van der Waals surface area (Å²) in [5.74, 6) is 3.19. The highest BCUT2D eigenvalue weighted by atomic mass is 35.5. The molecule has 0 saturated heterocycles. The molecule has 4 fully saturated rings. The molecular weight excluding hydrogens is 303 g/mol. The molecule has 5 heteroatoms. The zero-order valence-electron chi connectivity index (χ0n) is 11.8. The molecule has 4 saturated carbocycles. The first-order valence-electron chi connectivity index (χ1n) is 7.15. The Balaban J connectivity index is 0.00000108. The summed E-state index contributed by atoms with van der Waals surface area (Å²) in [6.45, 7) is 4.17. The van der Waals surface area contributed by atoms with Crippen LogP contribution in [0.3, 0.4) is 0 Å². The molecular formula is C14H29Cl3N2. The highest BCUT2D eigenvalue weighted by Gasteiger charge is 2.52. The van der Waals surface area contributed by atoms with E-state index in [0.717, 1.165) is 30.8 Å². The predicted molar refractivity (Wildman–Crippen MR) is 88.9 cm³/mol. The van der Waals surface area contributed by atoms with Crippen LogP contribution in [0, 0.1) is 23.2 Å². The van der Waals surface area contributed by atoms with Crippen molar-refractivity contribution >= 4 is 37.2 Å². The monoisotopic (exact) mass is 330 g/mol. The van der Waals surface area contributed by atoms with Gasteiger partial charge in [-0.2, -0.15) is 0 Å². The van der Waals surface area contributed by atoms with Crippen molar-refractivity contribution in [3.8, 4) is 0 Å². The topological polar surface area (TPSA) is 38.0 Å². The van der Waals surface area contributed by atoms with Crippen LogP contribution in [-0.2, 0) is 0 Å². The highest BCUT2D eigenvalue weighted by molar-refractivity contribution is 5.86. The lowest BCUT2D eigenvalue weighted by Crippen LogP contribution is -2.55. The molecule has 4 bridgehead atoms. The minimum Gasteiger partial charge on any atom is -0.329 e. The quantitative estimate of drug-likeness (QED) is 0.828. The van der Waals surface area contributed by atoms with E-state index >= 15 is 0 Å². The van der Waals surface area contributed by atoms with Gasteiger partial charge in [0.05, 0.1) is 0 Å². The molecule has 4 rings (SSSR count). The summed E-state index contributed by atoms with van der Waals surface area (Å²) in [6, 6.07) is 0.685. The van der Waals surface area contributed by atoms with E-state index in [-0.39, 0.29) is 37.2 Å². The second-order valence-electron chi connectivity index (χ2n) is 6.74. The van der Waals surface area contributed by atoms with Gasteiger partial charge in [-0.15, -0.1) is 37.2 Å². The van der Waals surface area contributed by atoms with Gasteiger partial charge in [0.1, 0.15) is 0 Å². The van der Waals surface area contributed by atoms with Crippen LogP contribution in [0.2, 0.25) is 0 Å². The molecule has 19 heavy (non-hydrogen) atoms. The molecule has 0 radical (unpaired) electrons. The lowest BCUT2D eigenvalue weighted by atomic mass is 9.48. The lowest BCUT2D eigenvalue weighted by Gasteiger charge is -2.59. The molecule has 0 amide bonds. The summed E-state index contributed by atoms with van der Waals surface area (Å²) < 4.78 is 0. The van der Waals surface area contributed by atoms with Gasteiger partial charge in [-0.1, -0.05) is 0 Å². The number of hydrogen-bond acceptors (Lipinski definition) is 2. The largest absolute Gasteiger partial charge is 0.329 e. The molecule has 1 unspecified atom stereocenters. The van der Waals surface area contributed by atoms with Crippen molar-refractivity contribution in [1.29, 1.82) is 0 Å². The summed E-state index contributed by atoms with van der Waals surface area (Å²) in [6.07, 6.45) is 9.13. The van der Waals surface area contributed by atoms with E-state index in [1.807, 2.05) is 0 Å². The third-order valence-corrected chi connectivity index (χ3v) is 5.60. The fraction of sp³-hybridized carbons (Fsp3) is 1.00. The molecule has 4 aliphatic rings. The third kappa shape index (κ3) is 3.71. The van der Waals surface area contributed by atoms with E-state index in [1.54, 1.807) is 19.3 Å². The van der Waals surface area contributed by atoms with Crippen LogP contribution in [0.4, 0.5) is 0 Å². The summed E-state index contributed by atoms with van der Waals surface area (Å²) in [4.78, 5) is 0. The first-order valence-corrected chi connectivity index (χ1v) is 7.15. The maximum Gasteiger partial charge on any atom is 0.00960 e. The smallest absolute Gasteiger partial charge is 0.00960 e. The molecule has 116 valence electrons. The van der Waals surface area contributed by atoms with E-state index < -0.39 is 0 Å². The molecule has 3 N–H and O–H groups in total. The van der Waals surface area contributed by atoms with Gasteiger partial charge in [-0.05, 0) is 68.6 Å². The summed E-state index contributed by atoms with van der Waals surface area (Å²) >= 11 is 0. The van der Waals surface area contributed by atoms with Gasteiger partial charge in [0.2, 0.25) is 0 Å². The van der Waals surface area contributed by atoms with Crippen molar-refractivity contribution in [1.82, 2.24) is 5.32 Å². The molecule has 4 aliphatic carbocycles. The average molecular weight is 332 g/mol. The normalized spacial score (nSPS) is 39.8. The van der Waals surface area contributed by atoms with E-state index in [2.05, 4.69) is 12.2 Å². The Labute approximate surface area is 136 Å². The van der Waals surface area contributed by atoms with Crippen molar-refractivity contribution in [3.63, 3.8) is 0 Å². The van der Waals surface area contributed by atoms with Crippen molar-refractivity contribution < 1.29 is 0 Å². The maximum absolute atomic E-state index is 5.61. The fourth-order valence-corrected chi connectivity index (χ4v) is 5.22. The molecule has 0 aromatic heterocycles. The van der Waals surface area contributed by atoms with Crippen molar-refractivity contribution in [2.75, 3.05) is 13.1 Å². The van der Waals surface area contributed by atoms with E-state index in [1.165, 1.54) is 19.3 Å². The molecule has 0 aromatic rings. The first-order chi connectivity index (χ1) is 7.72. The van der Waals surface area contributed by atoms with Crippen LogP contribution in [0.15, 0.2) is 0 Å². The van der Waals surface area contributed by atoms with Crippen LogP contribution in [0.1, 0.15) is 45.4 Å². The van der Waals surface area contributed by atoms with Crippen molar-refractivity contribution in [3.05, 3.63) is 0 Å². The van der Waals surface area contributed by atoms with E-state index in [9.17, 15) is 0 Å². The second kappa shape index (κ2) is 7.70. The minimum atomic E-state index is 0. The number of nitrogens with one attached hydrogen (secondary N) is 1. The van der Waals surface area contributed by atoms with Gasteiger partial charge in [-0.25, -0.2) is 0 Å². The Morgan fingerprint density at radius 2 is 1.42 bits per heavy atom.